The maximum Gasteiger partial charge on any atom is 0.161 e. The maximum atomic E-state index is 5.47. The molecule has 0 aliphatic rings. The van der Waals surface area contributed by atoms with E-state index in [0.717, 1.165) is 45.1 Å². The number of aryl methyl sites for hydroxylation is 1. The molecule has 2 rings (SSSR count). The molecule has 0 atom stereocenters. The molecule has 5 heteroatoms. The van der Waals surface area contributed by atoms with Crippen LogP contribution in [0.4, 0.5) is 5.82 Å². The fourth-order valence-corrected chi connectivity index (χ4v) is 2.84. The first-order valence-electron chi connectivity index (χ1n) is 7.17. The zero-order chi connectivity index (χ0) is 15.2. The molecule has 0 aliphatic carbocycles. The smallest absolute Gasteiger partial charge is 0.161 e. The molecule has 0 spiro atoms. The molecular weight excluding hydrogens is 377 g/mol. The number of rotatable bonds is 6. The summed E-state index contributed by atoms with van der Waals surface area (Å²) in [6, 6.07) is 7.92. The molecule has 0 saturated carbocycles. The van der Waals surface area contributed by atoms with Gasteiger partial charge in [-0.25, -0.2) is 9.97 Å². The standard InChI is InChI=1S/C16H20IN3O/c1-4-6-13-14(17)16(18-3)20-15(19-13)11-7-9-12(10-8-11)21-5-2/h7-10H,4-6H2,1-3H3,(H,18,19,20). The van der Waals surface area contributed by atoms with Crippen LogP contribution < -0.4 is 10.1 Å². The summed E-state index contributed by atoms with van der Waals surface area (Å²) in [5.74, 6) is 2.51. The number of aromatic nitrogens is 2. The van der Waals surface area contributed by atoms with Crippen LogP contribution in [-0.4, -0.2) is 23.6 Å². The number of ether oxygens (including phenoxy) is 1. The van der Waals surface area contributed by atoms with E-state index in [1.165, 1.54) is 0 Å². The van der Waals surface area contributed by atoms with Crippen LogP contribution in [0.25, 0.3) is 11.4 Å². The van der Waals surface area contributed by atoms with E-state index in [-0.39, 0.29) is 0 Å². The summed E-state index contributed by atoms with van der Waals surface area (Å²) in [5.41, 5.74) is 2.10. The van der Waals surface area contributed by atoms with Crippen molar-refractivity contribution in [3.8, 4) is 17.1 Å². The van der Waals surface area contributed by atoms with Gasteiger partial charge < -0.3 is 10.1 Å². The van der Waals surface area contributed by atoms with E-state index in [9.17, 15) is 0 Å². The van der Waals surface area contributed by atoms with E-state index in [2.05, 4.69) is 39.8 Å². The number of nitrogens with one attached hydrogen (secondary N) is 1. The normalized spacial score (nSPS) is 10.5. The Morgan fingerprint density at radius 2 is 1.86 bits per heavy atom. The zero-order valence-corrected chi connectivity index (χ0v) is 14.8. The number of halogens is 1. The van der Waals surface area contributed by atoms with Crippen LogP contribution in [0.1, 0.15) is 26.0 Å². The molecule has 1 aromatic carbocycles. The molecule has 21 heavy (non-hydrogen) atoms. The van der Waals surface area contributed by atoms with Gasteiger partial charge in [0, 0.05) is 12.6 Å². The van der Waals surface area contributed by atoms with Crippen LogP contribution in [0.2, 0.25) is 0 Å². The molecule has 0 radical (unpaired) electrons. The van der Waals surface area contributed by atoms with Crippen LogP contribution in [0.15, 0.2) is 24.3 Å². The molecule has 112 valence electrons. The minimum atomic E-state index is 0.671. The van der Waals surface area contributed by atoms with Crippen molar-refractivity contribution in [3.63, 3.8) is 0 Å². The van der Waals surface area contributed by atoms with Gasteiger partial charge in [-0.15, -0.1) is 0 Å². The zero-order valence-electron chi connectivity index (χ0n) is 12.6. The largest absolute Gasteiger partial charge is 0.494 e. The lowest BCUT2D eigenvalue weighted by atomic mass is 10.2. The van der Waals surface area contributed by atoms with Crippen LogP contribution >= 0.6 is 22.6 Å². The van der Waals surface area contributed by atoms with Gasteiger partial charge in [0.1, 0.15) is 11.6 Å². The van der Waals surface area contributed by atoms with Crippen molar-refractivity contribution in [3.05, 3.63) is 33.5 Å². The highest BCUT2D eigenvalue weighted by Gasteiger charge is 2.12. The summed E-state index contributed by atoms with van der Waals surface area (Å²) in [6.45, 7) is 4.81. The summed E-state index contributed by atoms with van der Waals surface area (Å²) >= 11 is 2.31. The second kappa shape index (κ2) is 7.59. The second-order valence-corrected chi connectivity index (χ2v) is 5.69. The highest BCUT2D eigenvalue weighted by Crippen LogP contribution is 2.25. The van der Waals surface area contributed by atoms with Crippen molar-refractivity contribution in [2.24, 2.45) is 0 Å². The average molecular weight is 397 g/mol. The summed E-state index contributed by atoms with van der Waals surface area (Å²) in [7, 11) is 1.89. The fraction of sp³-hybridized carbons (Fsp3) is 0.375. The molecule has 0 saturated heterocycles. The van der Waals surface area contributed by atoms with E-state index >= 15 is 0 Å². The van der Waals surface area contributed by atoms with Crippen LogP contribution in [0, 0.1) is 3.57 Å². The predicted molar refractivity (Wildman–Crippen MR) is 94.9 cm³/mol. The van der Waals surface area contributed by atoms with Gasteiger partial charge >= 0.3 is 0 Å². The van der Waals surface area contributed by atoms with Gasteiger partial charge in [0.25, 0.3) is 0 Å². The predicted octanol–water partition coefficient (Wildman–Crippen LogP) is 4.14. The fourth-order valence-electron chi connectivity index (χ4n) is 2.06. The topological polar surface area (TPSA) is 47.0 Å². The van der Waals surface area contributed by atoms with Crippen molar-refractivity contribution in [1.82, 2.24) is 9.97 Å². The van der Waals surface area contributed by atoms with Crippen LogP contribution in [0.3, 0.4) is 0 Å². The number of nitrogens with zero attached hydrogens (tertiary/aromatic N) is 2. The molecule has 0 aliphatic heterocycles. The molecule has 0 unspecified atom stereocenters. The van der Waals surface area contributed by atoms with Gasteiger partial charge in [-0.05, 0) is 60.2 Å². The van der Waals surface area contributed by atoms with Crippen molar-refractivity contribution in [2.45, 2.75) is 26.7 Å². The number of hydrogen-bond donors (Lipinski definition) is 1. The Labute approximate surface area is 139 Å². The minimum Gasteiger partial charge on any atom is -0.494 e. The Balaban J connectivity index is 2.40. The lowest BCUT2D eigenvalue weighted by Crippen LogP contribution is -2.05. The van der Waals surface area contributed by atoms with E-state index in [1.54, 1.807) is 0 Å². The molecule has 2 aromatic rings. The highest BCUT2D eigenvalue weighted by atomic mass is 127. The summed E-state index contributed by atoms with van der Waals surface area (Å²) in [4.78, 5) is 9.33. The van der Waals surface area contributed by atoms with Crippen molar-refractivity contribution < 1.29 is 4.74 Å². The summed E-state index contributed by atoms with van der Waals surface area (Å²) in [5, 5.41) is 3.15. The molecule has 0 bridgehead atoms. The second-order valence-electron chi connectivity index (χ2n) is 4.61. The van der Waals surface area contributed by atoms with Crippen molar-refractivity contribution in [2.75, 3.05) is 19.0 Å². The molecule has 1 N–H and O–H groups in total. The van der Waals surface area contributed by atoms with Gasteiger partial charge in [-0.2, -0.15) is 0 Å². The van der Waals surface area contributed by atoms with Gasteiger partial charge in [0.15, 0.2) is 5.82 Å². The van der Waals surface area contributed by atoms with Gasteiger partial charge in [0.2, 0.25) is 0 Å². The molecular formula is C16H20IN3O. The van der Waals surface area contributed by atoms with E-state index < -0.39 is 0 Å². The Bertz CT molecular complexity index is 599. The molecule has 1 heterocycles. The van der Waals surface area contributed by atoms with E-state index in [0.29, 0.717) is 6.61 Å². The molecule has 0 amide bonds. The summed E-state index contributed by atoms with van der Waals surface area (Å²) in [6.07, 6.45) is 2.03. The Morgan fingerprint density at radius 1 is 1.14 bits per heavy atom. The number of hydrogen-bond acceptors (Lipinski definition) is 4. The third-order valence-electron chi connectivity index (χ3n) is 3.07. The average Bonchev–Trinajstić information content (AvgIpc) is 2.51. The van der Waals surface area contributed by atoms with Gasteiger partial charge in [-0.1, -0.05) is 13.3 Å². The van der Waals surface area contributed by atoms with Crippen LogP contribution in [-0.2, 0) is 6.42 Å². The maximum absolute atomic E-state index is 5.47. The van der Waals surface area contributed by atoms with E-state index in [4.69, 9.17) is 9.72 Å². The first kappa shape index (κ1) is 16.0. The molecule has 0 fully saturated rings. The highest BCUT2D eigenvalue weighted by molar-refractivity contribution is 14.1. The summed E-state index contributed by atoms with van der Waals surface area (Å²) < 4.78 is 6.57. The minimum absolute atomic E-state index is 0.671. The molecule has 4 nitrogen and oxygen atoms in total. The van der Waals surface area contributed by atoms with E-state index in [1.807, 2.05) is 38.2 Å². The third-order valence-corrected chi connectivity index (χ3v) is 4.20. The first-order valence-corrected chi connectivity index (χ1v) is 8.24. The lowest BCUT2D eigenvalue weighted by molar-refractivity contribution is 0.340. The third kappa shape index (κ3) is 3.84. The monoisotopic (exact) mass is 397 g/mol. The van der Waals surface area contributed by atoms with Crippen molar-refractivity contribution in [1.29, 1.82) is 0 Å². The van der Waals surface area contributed by atoms with Crippen LogP contribution in [0.5, 0.6) is 5.75 Å². The SMILES string of the molecule is CCCc1nc(-c2ccc(OCC)cc2)nc(NC)c1I. The Hall–Kier alpha value is -1.37. The van der Waals surface area contributed by atoms with Gasteiger partial charge in [0.05, 0.1) is 15.9 Å². The Kier molecular flexibility index (Phi) is 5.78. The number of anilines is 1. The van der Waals surface area contributed by atoms with Crippen molar-refractivity contribution >= 4 is 28.4 Å². The Morgan fingerprint density at radius 3 is 2.43 bits per heavy atom. The molecule has 1 aromatic heterocycles. The van der Waals surface area contributed by atoms with Gasteiger partial charge in [-0.3, -0.25) is 0 Å². The quantitative estimate of drug-likeness (QED) is 0.745. The first-order chi connectivity index (χ1) is 10.2. The lowest BCUT2D eigenvalue weighted by Gasteiger charge is -2.11. The number of benzene rings is 1.